The molecule has 1 aliphatic rings. The summed E-state index contributed by atoms with van der Waals surface area (Å²) in [6.07, 6.45) is 3.08. The Morgan fingerprint density at radius 1 is 1.35 bits per heavy atom. The molecule has 6 heteroatoms. The van der Waals surface area contributed by atoms with Gasteiger partial charge in [-0.05, 0) is 25.0 Å². The van der Waals surface area contributed by atoms with Gasteiger partial charge in [-0.1, -0.05) is 6.07 Å². The van der Waals surface area contributed by atoms with Crippen molar-refractivity contribution in [1.82, 2.24) is 9.29 Å². The maximum atomic E-state index is 12.1. The zero-order chi connectivity index (χ0) is 12.3. The highest BCUT2D eigenvalue weighted by atomic mass is 32.2. The van der Waals surface area contributed by atoms with E-state index in [0.717, 1.165) is 12.8 Å². The van der Waals surface area contributed by atoms with Crippen molar-refractivity contribution < 1.29 is 8.42 Å². The van der Waals surface area contributed by atoms with Gasteiger partial charge in [0.2, 0.25) is 10.0 Å². The summed E-state index contributed by atoms with van der Waals surface area (Å²) in [6.45, 7) is 1.05. The number of rotatable bonds is 3. The minimum atomic E-state index is -3.24. The van der Waals surface area contributed by atoms with Crippen molar-refractivity contribution in [3.05, 3.63) is 30.1 Å². The van der Waals surface area contributed by atoms with Crippen LogP contribution < -0.4 is 5.73 Å². The fraction of sp³-hybridized carbons (Fsp3) is 0.545. The van der Waals surface area contributed by atoms with E-state index in [9.17, 15) is 8.42 Å². The van der Waals surface area contributed by atoms with E-state index >= 15 is 0 Å². The van der Waals surface area contributed by atoms with Gasteiger partial charge in [0.15, 0.2) is 0 Å². The van der Waals surface area contributed by atoms with Crippen LogP contribution in [0.2, 0.25) is 0 Å². The molecular weight excluding hydrogens is 238 g/mol. The van der Waals surface area contributed by atoms with Gasteiger partial charge in [-0.2, -0.15) is 0 Å². The minimum absolute atomic E-state index is 0.0247. The predicted molar refractivity (Wildman–Crippen MR) is 65.6 cm³/mol. The first-order valence-corrected chi connectivity index (χ1v) is 7.32. The van der Waals surface area contributed by atoms with Crippen molar-refractivity contribution >= 4 is 10.0 Å². The largest absolute Gasteiger partial charge is 0.328 e. The van der Waals surface area contributed by atoms with Crippen LogP contribution in [0, 0.1) is 0 Å². The van der Waals surface area contributed by atoms with Crippen LogP contribution >= 0.6 is 0 Å². The van der Waals surface area contributed by atoms with Crippen molar-refractivity contribution in [3.63, 3.8) is 0 Å². The summed E-state index contributed by atoms with van der Waals surface area (Å²) in [6, 6.07) is 5.43. The Morgan fingerprint density at radius 3 is 2.65 bits per heavy atom. The molecule has 1 aromatic rings. The lowest BCUT2D eigenvalue weighted by atomic mass is 10.1. The summed E-state index contributed by atoms with van der Waals surface area (Å²) in [5.41, 5.74) is 6.34. The molecule has 1 fully saturated rings. The van der Waals surface area contributed by atoms with Gasteiger partial charge in [-0.3, -0.25) is 4.98 Å². The van der Waals surface area contributed by atoms with E-state index in [-0.39, 0.29) is 11.8 Å². The Morgan fingerprint density at radius 2 is 2.06 bits per heavy atom. The Hall–Kier alpha value is -0.980. The molecule has 0 atom stereocenters. The zero-order valence-corrected chi connectivity index (χ0v) is 10.4. The fourth-order valence-electron chi connectivity index (χ4n) is 1.92. The molecule has 0 saturated carbocycles. The van der Waals surface area contributed by atoms with Gasteiger partial charge in [0.1, 0.15) is 5.75 Å². The first kappa shape index (κ1) is 12.5. The van der Waals surface area contributed by atoms with Gasteiger partial charge < -0.3 is 5.73 Å². The third kappa shape index (κ3) is 3.24. The standard InChI is InChI=1S/C11H17N3O2S/c12-10-4-7-14(8-5-10)17(15,16)9-11-3-1-2-6-13-11/h1-3,6,10H,4-5,7-9,12H2. The lowest BCUT2D eigenvalue weighted by Crippen LogP contribution is -2.43. The van der Waals surface area contributed by atoms with E-state index in [4.69, 9.17) is 5.73 Å². The average Bonchev–Trinajstić information content (AvgIpc) is 2.30. The molecule has 94 valence electrons. The van der Waals surface area contributed by atoms with Gasteiger partial charge >= 0.3 is 0 Å². The quantitative estimate of drug-likeness (QED) is 0.844. The van der Waals surface area contributed by atoms with E-state index < -0.39 is 10.0 Å². The smallest absolute Gasteiger partial charge is 0.219 e. The van der Waals surface area contributed by atoms with Gasteiger partial charge in [-0.15, -0.1) is 0 Å². The number of hydrogen-bond donors (Lipinski definition) is 1. The highest BCUT2D eigenvalue weighted by Crippen LogP contribution is 2.15. The predicted octanol–water partition coefficient (Wildman–Crippen LogP) is 0.335. The highest BCUT2D eigenvalue weighted by Gasteiger charge is 2.26. The maximum Gasteiger partial charge on any atom is 0.219 e. The van der Waals surface area contributed by atoms with Gasteiger partial charge in [0, 0.05) is 25.3 Å². The van der Waals surface area contributed by atoms with Crippen molar-refractivity contribution in [2.24, 2.45) is 5.73 Å². The Kier molecular flexibility index (Phi) is 3.76. The van der Waals surface area contributed by atoms with Crippen molar-refractivity contribution in [2.75, 3.05) is 13.1 Å². The van der Waals surface area contributed by atoms with Crippen molar-refractivity contribution in [2.45, 2.75) is 24.6 Å². The van der Waals surface area contributed by atoms with Crippen molar-refractivity contribution in [3.8, 4) is 0 Å². The summed E-state index contributed by atoms with van der Waals surface area (Å²) in [5, 5.41) is 0. The number of nitrogens with zero attached hydrogens (tertiary/aromatic N) is 2. The third-order valence-electron chi connectivity index (χ3n) is 2.95. The molecule has 0 aromatic carbocycles. The second kappa shape index (κ2) is 5.12. The SMILES string of the molecule is NC1CCN(S(=O)(=O)Cc2ccccn2)CC1. The molecule has 0 amide bonds. The fourth-order valence-corrected chi connectivity index (χ4v) is 3.41. The molecule has 0 bridgehead atoms. The lowest BCUT2D eigenvalue weighted by molar-refractivity contribution is 0.319. The summed E-state index contributed by atoms with van der Waals surface area (Å²) in [5.74, 6) is -0.0247. The first-order valence-electron chi connectivity index (χ1n) is 5.71. The maximum absolute atomic E-state index is 12.1. The number of nitrogens with two attached hydrogens (primary N) is 1. The second-order valence-corrected chi connectivity index (χ2v) is 6.28. The van der Waals surface area contributed by atoms with E-state index in [1.807, 2.05) is 0 Å². The van der Waals surface area contributed by atoms with Crippen molar-refractivity contribution in [1.29, 1.82) is 0 Å². The van der Waals surface area contributed by atoms with Gasteiger partial charge in [0.25, 0.3) is 0 Å². The van der Waals surface area contributed by atoms with E-state index in [2.05, 4.69) is 4.98 Å². The number of hydrogen-bond acceptors (Lipinski definition) is 4. The molecular formula is C11H17N3O2S. The van der Waals surface area contributed by atoms with Crippen LogP contribution in [-0.4, -0.2) is 36.8 Å². The van der Waals surface area contributed by atoms with E-state index in [0.29, 0.717) is 18.8 Å². The molecule has 2 rings (SSSR count). The normalized spacial score (nSPS) is 19.4. The zero-order valence-electron chi connectivity index (χ0n) is 9.62. The van der Waals surface area contributed by atoms with Crippen LogP contribution in [0.3, 0.4) is 0 Å². The van der Waals surface area contributed by atoms with Gasteiger partial charge in [-0.25, -0.2) is 12.7 Å². The molecule has 2 N–H and O–H groups in total. The van der Waals surface area contributed by atoms with Crippen LogP contribution in [0.5, 0.6) is 0 Å². The summed E-state index contributed by atoms with van der Waals surface area (Å²) < 4.78 is 25.7. The number of piperidine rings is 1. The molecule has 0 unspecified atom stereocenters. The molecule has 5 nitrogen and oxygen atoms in total. The van der Waals surface area contributed by atoms with E-state index in [1.54, 1.807) is 24.4 Å². The molecule has 0 aliphatic carbocycles. The molecule has 1 saturated heterocycles. The number of sulfonamides is 1. The van der Waals surface area contributed by atoms with E-state index in [1.165, 1.54) is 4.31 Å². The van der Waals surface area contributed by atoms with Crippen LogP contribution in [-0.2, 0) is 15.8 Å². The second-order valence-electron chi connectivity index (χ2n) is 4.31. The monoisotopic (exact) mass is 255 g/mol. The summed E-state index contributed by atoms with van der Waals surface area (Å²) in [4.78, 5) is 4.04. The molecule has 1 aliphatic heterocycles. The topological polar surface area (TPSA) is 76.3 Å². The summed E-state index contributed by atoms with van der Waals surface area (Å²) in [7, 11) is -3.24. The molecule has 17 heavy (non-hydrogen) atoms. The average molecular weight is 255 g/mol. The lowest BCUT2D eigenvalue weighted by Gasteiger charge is -2.29. The first-order chi connectivity index (χ1) is 8.08. The van der Waals surface area contributed by atoms with Crippen LogP contribution in [0.25, 0.3) is 0 Å². The van der Waals surface area contributed by atoms with Crippen LogP contribution in [0.1, 0.15) is 18.5 Å². The molecule has 1 aromatic heterocycles. The molecule has 0 radical (unpaired) electrons. The van der Waals surface area contributed by atoms with Gasteiger partial charge in [0.05, 0.1) is 5.69 Å². The molecule has 0 spiro atoms. The highest BCUT2D eigenvalue weighted by molar-refractivity contribution is 7.88. The number of pyridine rings is 1. The Balaban J connectivity index is 2.04. The number of aromatic nitrogens is 1. The van der Waals surface area contributed by atoms with Crippen LogP contribution in [0.4, 0.5) is 0 Å². The summed E-state index contributed by atoms with van der Waals surface area (Å²) >= 11 is 0. The Bertz CT molecular complexity index is 453. The molecule has 2 heterocycles. The third-order valence-corrected chi connectivity index (χ3v) is 4.76. The minimum Gasteiger partial charge on any atom is -0.328 e. The van der Waals surface area contributed by atoms with Crippen LogP contribution in [0.15, 0.2) is 24.4 Å². The Labute approximate surface area is 102 Å².